The van der Waals surface area contributed by atoms with E-state index in [-0.39, 0.29) is 0 Å². The Morgan fingerprint density at radius 2 is 1.79 bits per heavy atom. The maximum absolute atomic E-state index is 12.9. The molecule has 1 heterocycles. The molecule has 0 amide bonds. The average molecular weight is 362 g/mol. The summed E-state index contributed by atoms with van der Waals surface area (Å²) in [6.07, 6.45) is 3.73. The van der Waals surface area contributed by atoms with Crippen molar-refractivity contribution in [1.29, 1.82) is 0 Å². The van der Waals surface area contributed by atoms with E-state index < -0.39 is 31.9 Å². The molecule has 1 aliphatic rings. The fraction of sp³-hybridized carbons (Fsp3) is 1.00. The van der Waals surface area contributed by atoms with Gasteiger partial charge in [-0.05, 0) is 12.8 Å². The molecule has 2 radical (unpaired) electrons. The highest BCUT2D eigenvalue weighted by Crippen LogP contribution is 2.51. The predicted molar refractivity (Wildman–Crippen MR) is 94.8 cm³/mol. The van der Waals surface area contributed by atoms with Crippen LogP contribution in [-0.4, -0.2) is 65.8 Å². The summed E-state index contributed by atoms with van der Waals surface area (Å²) in [5.41, 5.74) is 0. The molecule has 0 aliphatic carbocycles. The van der Waals surface area contributed by atoms with E-state index in [1.54, 1.807) is 7.11 Å². The Balaban J connectivity index is 2.70. The monoisotopic (exact) mass is 362 g/mol. The van der Waals surface area contributed by atoms with Crippen molar-refractivity contribution in [2.24, 2.45) is 0 Å². The Morgan fingerprint density at radius 1 is 1.08 bits per heavy atom. The molecule has 1 rings (SSSR count). The first-order chi connectivity index (χ1) is 11.5. The molecule has 24 heavy (non-hydrogen) atoms. The minimum absolute atomic E-state index is 0.330. The molecule has 0 spiro atoms. The fourth-order valence-corrected chi connectivity index (χ4v) is 4.27. The van der Waals surface area contributed by atoms with Gasteiger partial charge >= 0.3 is 7.60 Å². The lowest BCUT2D eigenvalue weighted by molar-refractivity contribution is -0.0306. The van der Waals surface area contributed by atoms with Crippen LogP contribution < -0.4 is 0 Å². The van der Waals surface area contributed by atoms with Gasteiger partial charge < -0.3 is 18.7 Å². The third-order valence-corrected chi connectivity index (χ3v) is 6.12. The SMILES string of the molecule is [B][C@@H]1OC(COCCCC)C(OP(=O)(CCCCC)OC)[C@@H]1OC. The van der Waals surface area contributed by atoms with Gasteiger partial charge in [0.1, 0.15) is 26.2 Å². The van der Waals surface area contributed by atoms with Crippen molar-refractivity contribution in [3.05, 3.63) is 0 Å². The first-order valence-electron chi connectivity index (χ1n) is 8.86. The van der Waals surface area contributed by atoms with Crippen LogP contribution in [0, 0.1) is 0 Å². The molecule has 140 valence electrons. The van der Waals surface area contributed by atoms with Crippen LogP contribution in [0.3, 0.4) is 0 Å². The van der Waals surface area contributed by atoms with Crippen molar-refractivity contribution < 1.29 is 27.8 Å². The van der Waals surface area contributed by atoms with E-state index in [4.69, 9.17) is 31.1 Å². The highest BCUT2D eigenvalue weighted by atomic mass is 31.2. The molecule has 5 atom stereocenters. The molecule has 0 N–H and O–H groups in total. The molecule has 8 heteroatoms. The quantitative estimate of drug-likeness (QED) is 0.285. The summed E-state index contributed by atoms with van der Waals surface area (Å²) in [6, 6.07) is -0.638. The molecular weight excluding hydrogens is 330 g/mol. The Bertz CT molecular complexity index is 384. The lowest BCUT2D eigenvalue weighted by Crippen LogP contribution is -2.38. The zero-order valence-corrected chi connectivity index (χ0v) is 16.3. The molecular formula is C16H32BO6P. The Hall–Kier alpha value is 0.0949. The molecule has 3 unspecified atom stereocenters. The summed E-state index contributed by atoms with van der Waals surface area (Å²) in [4.78, 5) is 0. The minimum Gasteiger partial charge on any atom is -0.379 e. The number of methoxy groups -OCH3 is 1. The van der Waals surface area contributed by atoms with Crippen molar-refractivity contribution in [1.82, 2.24) is 0 Å². The van der Waals surface area contributed by atoms with E-state index in [1.807, 2.05) is 0 Å². The van der Waals surface area contributed by atoms with Gasteiger partial charge in [-0.1, -0.05) is 33.1 Å². The number of ether oxygens (including phenoxy) is 3. The zero-order valence-electron chi connectivity index (χ0n) is 15.4. The summed E-state index contributed by atoms with van der Waals surface area (Å²) >= 11 is 0. The van der Waals surface area contributed by atoms with E-state index in [0.29, 0.717) is 19.4 Å². The second kappa shape index (κ2) is 11.7. The van der Waals surface area contributed by atoms with E-state index in [2.05, 4.69) is 13.8 Å². The molecule has 1 saturated heterocycles. The fourth-order valence-electron chi connectivity index (χ4n) is 2.66. The maximum Gasteiger partial charge on any atom is 0.330 e. The van der Waals surface area contributed by atoms with Gasteiger partial charge in [0.05, 0.1) is 12.8 Å². The van der Waals surface area contributed by atoms with Gasteiger partial charge in [0.25, 0.3) is 0 Å². The first kappa shape index (κ1) is 22.1. The molecule has 0 aromatic heterocycles. The largest absolute Gasteiger partial charge is 0.379 e. The van der Waals surface area contributed by atoms with Crippen molar-refractivity contribution >= 4 is 15.4 Å². The zero-order chi connectivity index (χ0) is 18.0. The van der Waals surface area contributed by atoms with E-state index in [9.17, 15) is 4.57 Å². The molecule has 0 aromatic carbocycles. The highest BCUT2D eigenvalue weighted by Gasteiger charge is 2.46. The molecule has 1 fully saturated rings. The van der Waals surface area contributed by atoms with E-state index in [1.165, 1.54) is 7.11 Å². The van der Waals surface area contributed by atoms with Gasteiger partial charge in [-0.2, -0.15) is 0 Å². The van der Waals surface area contributed by atoms with Gasteiger partial charge in [-0.15, -0.1) is 0 Å². The predicted octanol–water partition coefficient (Wildman–Crippen LogP) is 3.13. The third kappa shape index (κ3) is 6.78. The summed E-state index contributed by atoms with van der Waals surface area (Å²) in [5.74, 6) is 0. The minimum atomic E-state index is -3.21. The lowest BCUT2D eigenvalue weighted by Gasteiger charge is -2.27. The van der Waals surface area contributed by atoms with Gasteiger partial charge in [0, 0.05) is 26.8 Å². The Labute approximate surface area is 147 Å². The van der Waals surface area contributed by atoms with Crippen molar-refractivity contribution in [3.8, 4) is 0 Å². The molecule has 0 aromatic rings. The summed E-state index contributed by atoms with van der Waals surface area (Å²) in [6.45, 7) is 5.17. The van der Waals surface area contributed by atoms with Crippen LogP contribution >= 0.6 is 7.60 Å². The molecule has 0 saturated carbocycles. The summed E-state index contributed by atoms with van der Waals surface area (Å²) in [5, 5.41) is 0. The average Bonchev–Trinajstić information content (AvgIpc) is 2.86. The summed E-state index contributed by atoms with van der Waals surface area (Å²) < 4.78 is 40.7. The standard InChI is InChI=1S/C16H32BO6P/c1-5-7-9-11-24(18,20-4)23-14-13(12-21-10-8-6-2)22-16(17)15(14)19-3/h13-16H,5-12H2,1-4H3/t13?,14?,15-,16+,24?/m0/s1. The number of hydrogen-bond donors (Lipinski definition) is 0. The highest BCUT2D eigenvalue weighted by molar-refractivity contribution is 7.53. The van der Waals surface area contributed by atoms with Crippen LogP contribution in [0.15, 0.2) is 0 Å². The topological polar surface area (TPSA) is 63.2 Å². The lowest BCUT2D eigenvalue weighted by atomic mass is 9.93. The van der Waals surface area contributed by atoms with Gasteiger partial charge in [-0.25, -0.2) is 0 Å². The first-order valence-corrected chi connectivity index (χ1v) is 10.6. The Kier molecular flexibility index (Phi) is 10.8. The van der Waals surface area contributed by atoms with Gasteiger partial charge in [0.2, 0.25) is 0 Å². The van der Waals surface area contributed by atoms with Crippen molar-refractivity contribution in [2.45, 2.75) is 70.3 Å². The summed E-state index contributed by atoms with van der Waals surface area (Å²) in [7, 11) is 5.71. The number of hydrogen-bond acceptors (Lipinski definition) is 6. The van der Waals surface area contributed by atoms with E-state index in [0.717, 1.165) is 32.1 Å². The second-order valence-corrected chi connectivity index (χ2v) is 8.31. The van der Waals surface area contributed by atoms with Crippen molar-refractivity contribution in [3.63, 3.8) is 0 Å². The molecule has 6 nitrogen and oxygen atoms in total. The Morgan fingerprint density at radius 3 is 2.38 bits per heavy atom. The maximum atomic E-state index is 12.9. The van der Waals surface area contributed by atoms with Crippen LogP contribution in [0.4, 0.5) is 0 Å². The van der Waals surface area contributed by atoms with Crippen LogP contribution in [-0.2, 0) is 27.8 Å². The van der Waals surface area contributed by atoms with Crippen LogP contribution in [0.5, 0.6) is 0 Å². The van der Waals surface area contributed by atoms with Gasteiger partial charge in [0.15, 0.2) is 0 Å². The van der Waals surface area contributed by atoms with Gasteiger partial charge in [-0.3, -0.25) is 9.09 Å². The van der Waals surface area contributed by atoms with Crippen LogP contribution in [0.1, 0.15) is 46.0 Å². The molecule has 0 bridgehead atoms. The third-order valence-electron chi connectivity index (χ3n) is 4.14. The molecule has 1 aliphatic heterocycles. The van der Waals surface area contributed by atoms with Crippen molar-refractivity contribution in [2.75, 3.05) is 33.6 Å². The number of rotatable bonds is 13. The van der Waals surface area contributed by atoms with E-state index >= 15 is 0 Å². The smallest absolute Gasteiger partial charge is 0.330 e. The van der Waals surface area contributed by atoms with Crippen LogP contribution in [0.2, 0.25) is 0 Å². The normalized spacial score (nSPS) is 29.7. The number of unbranched alkanes of at least 4 members (excludes halogenated alkanes) is 3. The second-order valence-electron chi connectivity index (χ2n) is 6.06. The van der Waals surface area contributed by atoms with Crippen LogP contribution in [0.25, 0.3) is 0 Å².